The maximum Gasteiger partial charge on any atom is 0.308 e. The lowest BCUT2D eigenvalue weighted by Gasteiger charge is -2.27. The van der Waals surface area contributed by atoms with Crippen molar-refractivity contribution in [3.63, 3.8) is 0 Å². The molecule has 5 nitrogen and oxygen atoms in total. The van der Waals surface area contributed by atoms with Crippen molar-refractivity contribution in [2.45, 2.75) is 70.9 Å². The van der Waals surface area contributed by atoms with Gasteiger partial charge >= 0.3 is 5.97 Å². The molecule has 1 aromatic heterocycles. The van der Waals surface area contributed by atoms with E-state index in [1.54, 1.807) is 0 Å². The predicted molar refractivity (Wildman–Crippen MR) is 104 cm³/mol. The summed E-state index contributed by atoms with van der Waals surface area (Å²) in [4.78, 5) is 11.7. The lowest BCUT2D eigenvalue weighted by atomic mass is 10.0. The molecule has 1 fully saturated rings. The normalized spacial score (nSPS) is 21.8. The third-order valence-corrected chi connectivity index (χ3v) is 5.70. The molecular formula is C22H27FN2O3. The van der Waals surface area contributed by atoms with E-state index in [-0.39, 0.29) is 24.3 Å². The molecule has 0 radical (unpaired) electrons. The van der Waals surface area contributed by atoms with Crippen LogP contribution in [0, 0.1) is 5.82 Å². The molecule has 6 heteroatoms. The van der Waals surface area contributed by atoms with Gasteiger partial charge in [0.1, 0.15) is 11.9 Å². The van der Waals surface area contributed by atoms with Crippen molar-refractivity contribution < 1.29 is 19.0 Å². The number of hydrogen-bond donors (Lipinski definition) is 2. The number of aliphatic hydroxyl groups is 1. The summed E-state index contributed by atoms with van der Waals surface area (Å²) >= 11 is 0. The first kappa shape index (κ1) is 19.2. The Kier molecular flexibility index (Phi) is 5.25. The number of aliphatic hydroxyl groups excluding tert-OH is 1. The van der Waals surface area contributed by atoms with E-state index in [2.05, 4.69) is 23.7 Å². The number of cyclic esters (lactones) is 1. The van der Waals surface area contributed by atoms with Crippen LogP contribution < -0.4 is 5.32 Å². The van der Waals surface area contributed by atoms with Crippen LogP contribution in [0.15, 0.2) is 24.3 Å². The van der Waals surface area contributed by atoms with Gasteiger partial charge in [0.05, 0.1) is 18.2 Å². The van der Waals surface area contributed by atoms with E-state index in [0.29, 0.717) is 25.3 Å². The summed E-state index contributed by atoms with van der Waals surface area (Å²) in [6.07, 6.45) is 0.325. The second-order valence-corrected chi connectivity index (χ2v) is 8.10. The number of nitrogens with one attached hydrogen (secondary N) is 1. The Hall–Kier alpha value is -2.18. The van der Waals surface area contributed by atoms with Crippen LogP contribution in [-0.4, -0.2) is 27.9 Å². The van der Waals surface area contributed by atoms with Crippen LogP contribution >= 0.6 is 0 Å². The van der Waals surface area contributed by atoms with Gasteiger partial charge < -0.3 is 19.7 Å². The van der Waals surface area contributed by atoms with Gasteiger partial charge in [-0.25, -0.2) is 4.39 Å². The van der Waals surface area contributed by atoms with Crippen molar-refractivity contribution in [3.8, 4) is 11.3 Å². The maximum absolute atomic E-state index is 13.5. The molecular weight excluding hydrogens is 359 g/mol. The molecule has 0 saturated carbocycles. The van der Waals surface area contributed by atoms with Crippen molar-refractivity contribution in [3.05, 3.63) is 46.9 Å². The zero-order valence-corrected chi connectivity index (χ0v) is 16.4. The standard InChI is InChI=1S/C22H27FN2O3/c1-13(2)21-18-11-24-12-19(18)22(14-3-5-15(23)6-4-14)25(21)8-7-17-9-16(26)10-20(27)28-17/h3-6,13,16-17,24,26H,7-12H2,1-2H3/t16-,17-/m1/s1. The van der Waals surface area contributed by atoms with Gasteiger partial charge in [-0.2, -0.15) is 0 Å². The van der Waals surface area contributed by atoms with E-state index in [1.807, 2.05) is 12.1 Å². The van der Waals surface area contributed by atoms with Gasteiger partial charge in [-0.15, -0.1) is 0 Å². The Labute approximate surface area is 164 Å². The van der Waals surface area contributed by atoms with Crippen LogP contribution in [-0.2, 0) is 29.2 Å². The first-order valence-corrected chi connectivity index (χ1v) is 10.0. The van der Waals surface area contributed by atoms with Crippen LogP contribution in [0.1, 0.15) is 55.8 Å². The zero-order valence-electron chi connectivity index (χ0n) is 16.4. The largest absolute Gasteiger partial charge is 0.462 e. The monoisotopic (exact) mass is 386 g/mol. The molecule has 4 rings (SSSR count). The molecule has 1 saturated heterocycles. The van der Waals surface area contributed by atoms with E-state index >= 15 is 0 Å². The number of rotatable bonds is 5. The van der Waals surface area contributed by atoms with Gasteiger partial charge in [0, 0.05) is 38.2 Å². The first-order chi connectivity index (χ1) is 13.4. The number of aromatic nitrogens is 1. The highest BCUT2D eigenvalue weighted by molar-refractivity contribution is 5.71. The third kappa shape index (κ3) is 3.59. The molecule has 0 bridgehead atoms. The number of benzene rings is 1. The second kappa shape index (κ2) is 7.68. The molecule has 2 aromatic rings. The highest BCUT2D eigenvalue weighted by atomic mass is 19.1. The van der Waals surface area contributed by atoms with Gasteiger partial charge in [0.15, 0.2) is 0 Å². The molecule has 0 unspecified atom stereocenters. The van der Waals surface area contributed by atoms with Gasteiger partial charge in [0.2, 0.25) is 0 Å². The van der Waals surface area contributed by atoms with Gasteiger partial charge in [0.25, 0.3) is 0 Å². The number of carbonyl (C=O) groups is 1. The van der Waals surface area contributed by atoms with Crippen molar-refractivity contribution in [2.24, 2.45) is 0 Å². The molecule has 1 aromatic carbocycles. The number of nitrogens with zero attached hydrogens (tertiary/aromatic N) is 1. The number of halogens is 1. The lowest BCUT2D eigenvalue weighted by Crippen LogP contribution is -2.33. The summed E-state index contributed by atoms with van der Waals surface area (Å²) in [7, 11) is 0. The number of hydrogen-bond acceptors (Lipinski definition) is 4. The average molecular weight is 386 g/mol. The maximum atomic E-state index is 13.5. The molecule has 150 valence electrons. The SMILES string of the molecule is CC(C)c1c2c(c(-c3ccc(F)cc3)n1CC[C@@H]1C[C@@H](O)CC(=O)O1)CNC2. The van der Waals surface area contributed by atoms with Crippen LogP contribution in [0.2, 0.25) is 0 Å². The van der Waals surface area contributed by atoms with Crippen LogP contribution in [0.4, 0.5) is 4.39 Å². The molecule has 28 heavy (non-hydrogen) atoms. The molecule has 3 heterocycles. The molecule has 2 aliphatic heterocycles. The van der Waals surface area contributed by atoms with Crippen molar-refractivity contribution in [1.82, 2.24) is 9.88 Å². The van der Waals surface area contributed by atoms with Crippen molar-refractivity contribution in [1.29, 1.82) is 0 Å². The van der Waals surface area contributed by atoms with Crippen LogP contribution in [0.5, 0.6) is 0 Å². The zero-order chi connectivity index (χ0) is 19.8. The van der Waals surface area contributed by atoms with Crippen LogP contribution in [0.25, 0.3) is 11.3 Å². The van der Waals surface area contributed by atoms with E-state index in [0.717, 1.165) is 24.3 Å². The Morgan fingerprint density at radius 3 is 2.64 bits per heavy atom. The van der Waals surface area contributed by atoms with E-state index in [1.165, 1.54) is 29.0 Å². The summed E-state index contributed by atoms with van der Waals surface area (Å²) < 4.78 is 21.2. The number of ether oxygens (including phenoxy) is 1. The minimum absolute atomic E-state index is 0.0814. The summed E-state index contributed by atoms with van der Waals surface area (Å²) in [5, 5.41) is 13.3. The van der Waals surface area contributed by atoms with Crippen molar-refractivity contribution in [2.75, 3.05) is 0 Å². The van der Waals surface area contributed by atoms with Gasteiger partial charge in [-0.1, -0.05) is 13.8 Å². The fourth-order valence-corrected chi connectivity index (χ4v) is 4.59. The highest BCUT2D eigenvalue weighted by Gasteiger charge is 2.30. The molecule has 2 aliphatic rings. The topological polar surface area (TPSA) is 63.5 Å². The Morgan fingerprint density at radius 1 is 1.25 bits per heavy atom. The summed E-state index contributed by atoms with van der Waals surface area (Å²) in [5.41, 5.74) is 5.99. The predicted octanol–water partition coefficient (Wildman–Crippen LogP) is 3.48. The molecule has 0 amide bonds. The smallest absolute Gasteiger partial charge is 0.308 e. The summed E-state index contributed by atoms with van der Waals surface area (Å²) in [5.74, 6) is -0.239. The Balaban J connectivity index is 1.70. The van der Waals surface area contributed by atoms with E-state index in [9.17, 15) is 14.3 Å². The third-order valence-electron chi connectivity index (χ3n) is 5.70. The highest BCUT2D eigenvalue weighted by Crippen LogP contribution is 2.38. The molecule has 0 spiro atoms. The quantitative estimate of drug-likeness (QED) is 0.773. The fourth-order valence-electron chi connectivity index (χ4n) is 4.59. The molecule has 2 atom stereocenters. The summed E-state index contributed by atoms with van der Waals surface area (Å²) in [6.45, 7) is 6.69. The van der Waals surface area contributed by atoms with E-state index in [4.69, 9.17) is 4.74 Å². The minimum Gasteiger partial charge on any atom is -0.462 e. The number of fused-ring (bicyclic) bond motifs is 1. The number of carbonyl (C=O) groups excluding carboxylic acids is 1. The fraction of sp³-hybridized carbons (Fsp3) is 0.500. The Bertz CT molecular complexity index is 873. The van der Waals surface area contributed by atoms with Gasteiger partial charge in [-0.3, -0.25) is 4.79 Å². The lowest BCUT2D eigenvalue weighted by molar-refractivity contribution is -0.160. The van der Waals surface area contributed by atoms with Crippen molar-refractivity contribution >= 4 is 5.97 Å². The van der Waals surface area contributed by atoms with E-state index < -0.39 is 6.10 Å². The minimum atomic E-state index is -0.619. The molecule has 0 aliphatic carbocycles. The van der Waals surface area contributed by atoms with Crippen LogP contribution in [0.3, 0.4) is 0 Å². The first-order valence-electron chi connectivity index (χ1n) is 10.0. The average Bonchev–Trinajstić information content (AvgIpc) is 3.19. The molecule has 2 N–H and O–H groups in total. The Morgan fingerprint density at radius 2 is 1.96 bits per heavy atom. The number of esters is 1. The van der Waals surface area contributed by atoms with Gasteiger partial charge in [-0.05, 0) is 46.9 Å². The summed E-state index contributed by atoms with van der Waals surface area (Å²) in [6, 6.07) is 6.65. The second-order valence-electron chi connectivity index (χ2n) is 8.10.